The van der Waals surface area contributed by atoms with E-state index in [1.807, 2.05) is 18.2 Å². The number of benzene rings is 3. The lowest BCUT2D eigenvalue weighted by Crippen LogP contribution is -2.44. The second-order valence-corrected chi connectivity index (χ2v) is 9.77. The molecule has 0 unspecified atom stereocenters. The van der Waals surface area contributed by atoms with Crippen LogP contribution in [0.2, 0.25) is 10.0 Å². The lowest BCUT2D eigenvalue weighted by Gasteiger charge is -2.15. The Morgan fingerprint density at radius 1 is 1.09 bits per heavy atom. The first-order valence-corrected chi connectivity index (χ1v) is 12.2. The van der Waals surface area contributed by atoms with Crippen molar-refractivity contribution in [1.29, 1.82) is 0 Å². The number of nitrogens with one attached hydrogen (secondary N) is 1. The lowest BCUT2D eigenvalue weighted by molar-refractivity contribution is -0.123. The minimum Gasteiger partial charge on any atom is -0.493 e. The number of rotatable bonds is 7. The van der Waals surface area contributed by atoms with Gasteiger partial charge in [0.15, 0.2) is 15.8 Å². The van der Waals surface area contributed by atoms with Gasteiger partial charge in [-0.2, -0.15) is 5.01 Å². The predicted octanol–water partition coefficient (Wildman–Crippen LogP) is 6.13. The van der Waals surface area contributed by atoms with E-state index >= 15 is 0 Å². The summed E-state index contributed by atoms with van der Waals surface area (Å²) in [6.07, 6.45) is 1.67. The van der Waals surface area contributed by atoms with Gasteiger partial charge in [0.25, 0.3) is 11.8 Å². The quantitative estimate of drug-likeness (QED) is 0.285. The minimum atomic E-state index is -0.471. The van der Waals surface area contributed by atoms with Crippen molar-refractivity contribution >= 4 is 69.4 Å². The van der Waals surface area contributed by atoms with Crippen molar-refractivity contribution in [2.24, 2.45) is 0 Å². The van der Waals surface area contributed by atoms with Gasteiger partial charge in [-0.15, -0.1) is 0 Å². The first-order chi connectivity index (χ1) is 16.9. The molecule has 1 heterocycles. The molecular weight excluding hydrogens is 527 g/mol. The van der Waals surface area contributed by atoms with Crippen molar-refractivity contribution < 1.29 is 19.1 Å². The van der Waals surface area contributed by atoms with Crippen LogP contribution in [0, 0.1) is 0 Å². The number of hydrogen-bond acceptors (Lipinski definition) is 6. The van der Waals surface area contributed by atoms with E-state index in [4.69, 9.17) is 44.9 Å². The van der Waals surface area contributed by atoms with Gasteiger partial charge in [0.05, 0.1) is 12.0 Å². The van der Waals surface area contributed by atoms with E-state index in [1.54, 1.807) is 54.6 Å². The van der Waals surface area contributed by atoms with Crippen LogP contribution < -0.4 is 14.9 Å². The molecule has 178 valence electrons. The molecule has 1 saturated heterocycles. The molecule has 6 nitrogen and oxygen atoms in total. The van der Waals surface area contributed by atoms with Crippen LogP contribution in [0.3, 0.4) is 0 Å². The van der Waals surface area contributed by atoms with E-state index in [2.05, 4.69) is 5.43 Å². The van der Waals surface area contributed by atoms with Gasteiger partial charge >= 0.3 is 0 Å². The van der Waals surface area contributed by atoms with E-state index < -0.39 is 11.8 Å². The van der Waals surface area contributed by atoms with Gasteiger partial charge in [-0.25, -0.2) is 0 Å². The Hall–Kier alpha value is -3.04. The summed E-state index contributed by atoms with van der Waals surface area (Å²) >= 11 is 18.4. The van der Waals surface area contributed by atoms with Crippen molar-refractivity contribution in [3.63, 3.8) is 0 Å². The maximum absolute atomic E-state index is 12.9. The maximum Gasteiger partial charge on any atom is 0.285 e. The summed E-state index contributed by atoms with van der Waals surface area (Å²) in [7, 11) is 1.53. The van der Waals surface area contributed by atoms with Crippen LogP contribution in [-0.2, 0) is 11.4 Å². The SMILES string of the molecule is COc1cc(/C=C2/SC(=S)N(NC(=O)c3ccc(Cl)cc3)C2=O)ccc1OCc1ccccc1Cl. The summed E-state index contributed by atoms with van der Waals surface area (Å²) in [5, 5.41) is 2.18. The number of hydrazine groups is 1. The second-order valence-electron chi connectivity index (χ2n) is 7.26. The molecule has 3 aromatic rings. The molecule has 0 spiro atoms. The molecule has 0 bridgehead atoms. The third-order valence-corrected chi connectivity index (χ3v) is 6.86. The molecule has 4 rings (SSSR count). The number of amides is 2. The molecular formula is C25H18Cl2N2O4S2. The van der Waals surface area contributed by atoms with E-state index in [0.29, 0.717) is 37.6 Å². The van der Waals surface area contributed by atoms with Crippen molar-refractivity contribution in [3.05, 3.63) is 98.4 Å². The monoisotopic (exact) mass is 544 g/mol. The number of hydrogen-bond donors (Lipinski definition) is 1. The summed E-state index contributed by atoms with van der Waals surface area (Å²) in [6.45, 7) is 0.279. The Kier molecular flexibility index (Phi) is 7.97. The molecule has 2 amide bonds. The average Bonchev–Trinajstić information content (AvgIpc) is 3.11. The lowest BCUT2D eigenvalue weighted by atomic mass is 10.2. The second kappa shape index (κ2) is 11.1. The Morgan fingerprint density at radius 3 is 2.54 bits per heavy atom. The number of thioether (sulfide) groups is 1. The zero-order valence-electron chi connectivity index (χ0n) is 18.3. The van der Waals surface area contributed by atoms with Crippen LogP contribution in [0.1, 0.15) is 21.5 Å². The summed E-state index contributed by atoms with van der Waals surface area (Å²) in [6, 6.07) is 19.0. The third kappa shape index (κ3) is 5.97. The highest BCUT2D eigenvalue weighted by atomic mass is 35.5. The first kappa shape index (κ1) is 25.1. The van der Waals surface area contributed by atoms with Crippen LogP contribution >= 0.6 is 47.2 Å². The molecule has 3 aromatic carbocycles. The zero-order valence-corrected chi connectivity index (χ0v) is 21.4. The highest BCUT2D eigenvalue weighted by molar-refractivity contribution is 8.26. The Bertz CT molecular complexity index is 1330. The molecule has 1 aliphatic rings. The Morgan fingerprint density at radius 2 is 1.83 bits per heavy atom. The average molecular weight is 545 g/mol. The van der Waals surface area contributed by atoms with Crippen molar-refractivity contribution in [3.8, 4) is 11.5 Å². The van der Waals surface area contributed by atoms with E-state index in [-0.39, 0.29) is 10.9 Å². The number of halogens is 2. The van der Waals surface area contributed by atoms with Gasteiger partial charge in [0.1, 0.15) is 6.61 Å². The molecule has 0 saturated carbocycles. The Labute approximate surface area is 221 Å². The smallest absolute Gasteiger partial charge is 0.285 e. The summed E-state index contributed by atoms with van der Waals surface area (Å²) in [5.74, 6) is 0.130. The normalized spacial score (nSPS) is 14.4. The molecule has 0 aliphatic carbocycles. The standard InChI is InChI=1S/C25H18Cl2N2O4S2/c1-32-21-12-15(6-11-20(21)33-14-17-4-2-3-5-19(17)27)13-22-24(31)29(25(34)35-22)28-23(30)16-7-9-18(26)10-8-16/h2-13H,14H2,1H3,(H,28,30)/b22-13+. The van der Waals surface area contributed by atoms with Crippen LogP contribution in [0.4, 0.5) is 0 Å². The van der Waals surface area contributed by atoms with Gasteiger partial charge in [-0.3, -0.25) is 15.0 Å². The molecule has 0 atom stereocenters. The number of thiocarbonyl (C=S) groups is 1. The van der Waals surface area contributed by atoms with Crippen LogP contribution in [0.5, 0.6) is 11.5 Å². The van der Waals surface area contributed by atoms with Crippen molar-refractivity contribution in [2.45, 2.75) is 6.61 Å². The maximum atomic E-state index is 12.9. The number of methoxy groups -OCH3 is 1. The molecule has 1 fully saturated rings. The van der Waals surface area contributed by atoms with E-state index in [9.17, 15) is 9.59 Å². The molecule has 10 heteroatoms. The molecule has 0 radical (unpaired) electrons. The number of carbonyl (C=O) groups is 2. The fourth-order valence-electron chi connectivity index (χ4n) is 3.15. The molecule has 1 aliphatic heterocycles. The fourth-order valence-corrected chi connectivity index (χ4v) is 4.64. The highest BCUT2D eigenvalue weighted by Gasteiger charge is 2.33. The number of carbonyl (C=O) groups excluding carboxylic acids is 2. The number of nitrogens with zero attached hydrogens (tertiary/aromatic N) is 1. The first-order valence-electron chi connectivity index (χ1n) is 10.2. The summed E-state index contributed by atoms with van der Waals surface area (Å²) in [4.78, 5) is 25.8. The Balaban J connectivity index is 1.47. The van der Waals surface area contributed by atoms with E-state index in [1.165, 1.54) is 7.11 Å². The molecule has 35 heavy (non-hydrogen) atoms. The number of ether oxygens (including phenoxy) is 2. The third-order valence-electron chi connectivity index (χ3n) is 4.94. The van der Waals surface area contributed by atoms with Gasteiger partial charge < -0.3 is 9.47 Å². The zero-order chi connectivity index (χ0) is 24.9. The van der Waals surface area contributed by atoms with Gasteiger partial charge in [0, 0.05) is 21.2 Å². The molecule has 1 N–H and O–H groups in total. The largest absolute Gasteiger partial charge is 0.493 e. The van der Waals surface area contributed by atoms with Gasteiger partial charge in [0.2, 0.25) is 0 Å². The highest BCUT2D eigenvalue weighted by Crippen LogP contribution is 2.34. The predicted molar refractivity (Wildman–Crippen MR) is 143 cm³/mol. The van der Waals surface area contributed by atoms with Crippen LogP contribution in [-0.4, -0.2) is 28.3 Å². The summed E-state index contributed by atoms with van der Waals surface area (Å²) in [5.41, 5.74) is 4.45. The fraction of sp³-hybridized carbons (Fsp3) is 0.0800. The van der Waals surface area contributed by atoms with E-state index in [0.717, 1.165) is 22.3 Å². The van der Waals surface area contributed by atoms with Gasteiger partial charge in [-0.1, -0.05) is 59.2 Å². The topological polar surface area (TPSA) is 67.9 Å². The van der Waals surface area contributed by atoms with Crippen LogP contribution in [0.15, 0.2) is 71.6 Å². The molecule has 0 aromatic heterocycles. The minimum absolute atomic E-state index is 0.218. The van der Waals surface area contributed by atoms with Crippen molar-refractivity contribution in [1.82, 2.24) is 10.4 Å². The summed E-state index contributed by atoms with van der Waals surface area (Å²) < 4.78 is 11.6. The van der Waals surface area contributed by atoms with Crippen LogP contribution in [0.25, 0.3) is 6.08 Å². The van der Waals surface area contributed by atoms with Crippen molar-refractivity contribution in [2.75, 3.05) is 7.11 Å². The van der Waals surface area contributed by atoms with Gasteiger partial charge in [-0.05, 0) is 66.3 Å².